The molecule has 0 spiro atoms. The summed E-state index contributed by atoms with van der Waals surface area (Å²) in [6.45, 7) is 2.32. The zero-order valence-corrected chi connectivity index (χ0v) is 16.3. The summed E-state index contributed by atoms with van der Waals surface area (Å²) in [5.41, 5.74) is 0.534. The Kier molecular flexibility index (Phi) is 4.83. The van der Waals surface area contributed by atoms with E-state index in [1.807, 2.05) is 6.92 Å². The third kappa shape index (κ3) is 2.93. The predicted octanol–water partition coefficient (Wildman–Crippen LogP) is 3.20. The van der Waals surface area contributed by atoms with E-state index in [4.69, 9.17) is 9.47 Å². The van der Waals surface area contributed by atoms with E-state index in [0.717, 1.165) is 0 Å². The maximum Gasteiger partial charge on any atom is 0.317 e. The van der Waals surface area contributed by atoms with Crippen LogP contribution >= 0.6 is 0 Å². The fraction of sp³-hybridized carbons (Fsp3) is 0.182. The molecule has 0 aromatic heterocycles. The summed E-state index contributed by atoms with van der Waals surface area (Å²) >= 11 is 0. The lowest BCUT2D eigenvalue weighted by atomic mass is 9.77. The summed E-state index contributed by atoms with van der Waals surface area (Å²) < 4.78 is 11.0. The highest BCUT2D eigenvalue weighted by Gasteiger charge is 2.48. The first-order valence-electron chi connectivity index (χ1n) is 9.37. The second-order valence-corrected chi connectivity index (χ2v) is 6.71. The van der Waals surface area contributed by atoms with Crippen LogP contribution in [0.25, 0.3) is 0 Å². The van der Waals surface area contributed by atoms with E-state index in [-0.39, 0.29) is 34.0 Å². The molecule has 8 nitrogen and oxygen atoms in total. The molecule has 0 bridgehead atoms. The van der Waals surface area contributed by atoms with Gasteiger partial charge in [-0.25, -0.2) is 0 Å². The molecule has 2 aromatic rings. The normalized spacial score (nSPS) is 17.9. The first-order valence-corrected chi connectivity index (χ1v) is 9.37. The van der Waals surface area contributed by atoms with E-state index in [1.54, 1.807) is 42.5 Å². The highest BCUT2D eigenvalue weighted by Crippen LogP contribution is 2.44. The van der Waals surface area contributed by atoms with E-state index < -0.39 is 22.4 Å². The molecule has 0 saturated heterocycles. The summed E-state index contributed by atoms with van der Waals surface area (Å²) in [4.78, 5) is 37.8. The molecular weight excluding hydrogens is 388 g/mol. The lowest BCUT2D eigenvalue weighted by Crippen LogP contribution is -2.35. The van der Waals surface area contributed by atoms with Gasteiger partial charge in [-0.3, -0.25) is 19.7 Å². The fourth-order valence-corrected chi connectivity index (χ4v) is 3.77. The molecule has 4 rings (SSSR count). The van der Waals surface area contributed by atoms with E-state index in [1.165, 1.54) is 13.1 Å². The number of hydrogen-bond donors (Lipinski definition) is 1. The third-order valence-electron chi connectivity index (χ3n) is 5.06. The molecule has 1 aliphatic carbocycles. The summed E-state index contributed by atoms with van der Waals surface area (Å²) in [5, 5.41) is 14.6. The van der Waals surface area contributed by atoms with Crippen LogP contribution in [0, 0.1) is 10.1 Å². The van der Waals surface area contributed by atoms with Gasteiger partial charge in [0.05, 0.1) is 17.1 Å². The van der Waals surface area contributed by atoms with Crippen molar-refractivity contribution in [2.45, 2.75) is 12.8 Å². The molecule has 0 fully saturated rings. The molecule has 0 radical (unpaired) electrons. The minimum absolute atomic E-state index is 0.0337. The molecule has 1 N–H and O–H groups in total. The molecule has 2 aliphatic rings. The molecule has 1 heterocycles. The lowest BCUT2D eigenvalue weighted by molar-refractivity contribution is -0.433. The topological polar surface area (TPSA) is 108 Å². The molecule has 1 unspecified atom stereocenters. The Morgan fingerprint density at radius 3 is 2.27 bits per heavy atom. The Bertz CT molecular complexity index is 1130. The smallest absolute Gasteiger partial charge is 0.317 e. The zero-order chi connectivity index (χ0) is 21.4. The maximum atomic E-state index is 13.3. The van der Waals surface area contributed by atoms with Gasteiger partial charge in [0.25, 0.3) is 5.88 Å². The van der Waals surface area contributed by atoms with Crippen LogP contribution in [0.5, 0.6) is 5.75 Å². The summed E-state index contributed by atoms with van der Waals surface area (Å²) in [5.74, 6) is -1.78. The van der Waals surface area contributed by atoms with Crippen LogP contribution in [-0.4, -0.2) is 30.1 Å². The van der Waals surface area contributed by atoms with Gasteiger partial charge in [-0.1, -0.05) is 36.4 Å². The molecule has 2 aromatic carbocycles. The number of nitrogens with zero attached hydrogens (tertiary/aromatic N) is 1. The van der Waals surface area contributed by atoms with Crippen LogP contribution in [0.4, 0.5) is 0 Å². The number of ether oxygens (including phenoxy) is 2. The van der Waals surface area contributed by atoms with Crippen LogP contribution in [0.2, 0.25) is 0 Å². The number of fused-ring (bicyclic) bond motifs is 1. The van der Waals surface area contributed by atoms with Crippen LogP contribution in [0.15, 0.2) is 71.4 Å². The SMILES string of the molecule is CCOc1ccc(C2C3=C(OC(NC)=C2[N+](=O)[O-])C(=O)c2ccccc2C3=O)cc1. The number of ketones is 2. The maximum absolute atomic E-state index is 13.3. The number of rotatable bonds is 5. The van der Waals surface area contributed by atoms with Gasteiger partial charge < -0.3 is 14.8 Å². The Balaban J connectivity index is 1.93. The molecule has 1 aliphatic heterocycles. The van der Waals surface area contributed by atoms with Gasteiger partial charge in [0.15, 0.2) is 11.5 Å². The zero-order valence-electron chi connectivity index (χ0n) is 16.3. The Hall–Kier alpha value is -3.94. The van der Waals surface area contributed by atoms with Gasteiger partial charge in [0.2, 0.25) is 5.78 Å². The summed E-state index contributed by atoms with van der Waals surface area (Å²) in [7, 11) is 1.46. The molecule has 0 saturated carbocycles. The number of carbonyl (C=O) groups is 2. The van der Waals surface area contributed by atoms with Gasteiger partial charge >= 0.3 is 5.70 Å². The highest BCUT2D eigenvalue weighted by atomic mass is 16.6. The first kappa shape index (κ1) is 19.4. The number of benzene rings is 2. The molecule has 8 heteroatoms. The number of nitrogens with one attached hydrogen (secondary N) is 1. The minimum atomic E-state index is -1.08. The largest absolute Gasteiger partial charge is 0.494 e. The van der Waals surface area contributed by atoms with Gasteiger partial charge in [-0.05, 0) is 24.6 Å². The minimum Gasteiger partial charge on any atom is -0.494 e. The van der Waals surface area contributed by atoms with Crippen molar-refractivity contribution < 1.29 is 24.0 Å². The number of Topliss-reactive ketones (excluding diaryl/α,β-unsaturated/α-hetero) is 2. The number of allylic oxidation sites excluding steroid dienone is 2. The van der Waals surface area contributed by atoms with Gasteiger partial charge in [-0.2, -0.15) is 0 Å². The molecule has 30 heavy (non-hydrogen) atoms. The Morgan fingerprint density at radius 2 is 1.70 bits per heavy atom. The number of nitro groups is 1. The summed E-state index contributed by atoms with van der Waals surface area (Å²) in [6, 6.07) is 13.0. The lowest BCUT2D eigenvalue weighted by Gasteiger charge is -2.30. The number of carbonyl (C=O) groups excluding carboxylic acids is 2. The van der Waals surface area contributed by atoms with Crippen LogP contribution < -0.4 is 10.1 Å². The van der Waals surface area contributed by atoms with Crippen LogP contribution in [0.3, 0.4) is 0 Å². The third-order valence-corrected chi connectivity index (χ3v) is 5.06. The highest BCUT2D eigenvalue weighted by molar-refractivity contribution is 6.27. The second kappa shape index (κ2) is 7.47. The van der Waals surface area contributed by atoms with Crippen molar-refractivity contribution in [3.05, 3.63) is 98.2 Å². The standard InChI is InChI=1S/C22H18N2O6/c1-3-29-13-10-8-12(9-11-13)16-17-19(25)14-6-4-5-7-15(14)20(26)21(17)30-22(23-2)18(16)24(27)28/h4-11,16,23H,3H2,1-2H3. The van der Waals surface area contributed by atoms with Crippen LogP contribution in [0.1, 0.15) is 39.1 Å². The van der Waals surface area contributed by atoms with Gasteiger partial charge in [0, 0.05) is 18.2 Å². The van der Waals surface area contributed by atoms with Gasteiger partial charge in [-0.15, -0.1) is 0 Å². The van der Waals surface area contributed by atoms with E-state index in [9.17, 15) is 19.7 Å². The number of hydrogen-bond acceptors (Lipinski definition) is 7. The average molecular weight is 406 g/mol. The first-order chi connectivity index (χ1) is 14.5. The molecular formula is C22H18N2O6. The van der Waals surface area contributed by atoms with Crippen molar-refractivity contribution >= 4 is 11.6 Å². The van der Waals surface area contributed by atoms with Crippen molar-refractivity contribution in [1.82, 2.24) is 5.32 Å². The van der Waals surface area contributed by atoms with Crippen molar-refractivity contribution in [1.29, 1.82) is 0 Å². The van der Waals surface area contributed by atoms with Crippen LogP contribution in [-0.2, 0) is 4.74 Å². The van der Waals surface area contributed by atoms with E-state index >= 15 is 0 Å². The van der Waals surface area contributed by atoms with Crippen molar-refractivity contribution in [3.8, 4) is 5.75 Å². The second-order valence-electron chi connectivity index (χ2n) is 6.71. The average Bonchev–Trinajstić information content (AvgIpc) is 2.76. The van der Waals surface area contributed by atoms with Gasteiger partial charge in [0.1, 0.15) is 11.7 Å². The van der Waals surface area contributed by atoms with Crippen molar-refractivity contribution in [3.63, 3.8) is 0 Å². The van der Waals surface area contributed by atoms with Crippen molar-refractivity contribution in [2.75, 3.05) is 13.7 Å². The molecule has 152 valence electrons. The summed E-state index contributed by atoms with van der Waals surface area (Å²) in [6.07, 6.45) is 0. The Morgan fingerprint density at radius 1 is 1.07 bits per heavy atom. The predicted molar refractivity (Wildman–Crippen MR) is 107 cm³/mol. The molecule has 0 amide bonds. The van der Waals surface area contributed by atoms with E-state index in [0.29, 0.717) is 17.9 Å². The quantitative estimate of drug-likeness (QED) is 0.600. The monoisotopic (exact) mass is 406 g/mol. The van der Waals surface area contributed by atoms with E-state index in [2.05, 4.69) is 5.32 Å². The van der Waals surface area contributed by atoms with Crippen molar-refractivity contribution in [2.24, 2.45) is 0 Å². The Labute approximate surface area is 172 Å². The molecule has 1 atom stereocenters. The fourth-order valence-electron chi connectivity index (χ4n) is 3.77.